The van der Waals surface area contributed by atoms with Crippen molar-refractivity contribution in [1.82, 2.24) is 5.32 Å². The Balaban J connectivity index is 2.19. The van der Waals surface area contributed by atoms with Gasteiger partial charge in [-0.2, -0.15) is 0 Å². The minimum Gasteiger partial charge on any atom is -0.319 e. The lowest BCUT2D eigenvalue weighted by Gasteiger charge is -2.18. The second-order valence-corrected chi connectivity index (χ2v) is 3.58. The molecule has 0 aliphatic heterocycles. The molecular weight excluding hydrogens is 158 g/mol. The second kappa shape index (κ2) is 3.75. The highest BCUT2D eigenvalue weighted by Gasteiger charge is 2.11. The zero-order valence-corrected chi connectivity index (χ0v) is 7.96. The van der Waals surface area contributed by atoms with Crippen LogP contribution in [0.5, 0.6) is 0 Å². The summed E-state index contributed by atoms with van der Waals surface area (Å²) in [5.74, 6) is 0.667. The summed E-state index contributed by atoms with van der Waals surface area (Å²) in [5, 5.41) is 3.22. The Bertz CT molecular complexity index is 315. The molecule has 13 heavy (non-hydrogen) atoms. The molecule has 1 aromatic rings. The van der Waals surface area contributed by atoms with E-state index >= 15 is 0 Å². The summed E-state index contributed by atoms with van der Waals surface area (Å²) in [6, 6.07) is 8.62. The molecule has 0 amide bonds. The summed E-state index contributed by atoms with van der Waals surface area (Å²) in [7, 11) is 2.01. The predicted molar refractivity (Wildman–Crippen MR) is 56.6 cm³/mol. The van der Waals surface area contributed by atoms with Gasteiger partial charge in [-0.1, -0.05) is 36.4 Å². The standard InChI is InChI=1S/C12H15N/c1-13-9-10-6-7-11-4-2-3-5-12(11)8-10/h2-7,10,13H,8-9H2,1H3. The fourth-order valence-corrected chi connectivity index (χ4v) is 1.88. The van der Waals surface area contributed by atoms with Crippen LogP contribution in [0.3, 0.4) is 0 Å². The Morgan fingerprint density at radius 1 is 1.38 bits per heavy atom. The monoisotopic (exact) mass is 173 g/mol. The highest BCUT2D eigenvalue weighted by atomic mass is 14.8. The van der Waals surface area contributed by atoms with Gasteiger partial charge in [0, 0.05) is 6.54 Å². The lowest BCUT2D eigenvalue weighted by Crippen LogP contribution is -2.20. The third-order valence-corrected chi connectivity index (χ3v) is 2.55. The van der Waals surface area contributed by atoms with Crippen LogP contribution in [0, 0.1) is 5.92 Å². The van der Waals surface area contributed by atoms with Crippen molar-refractivity contribution in [3.05, 3.63) is 41.5 Å². The highest BCUT2D eigenvalue weighted by molar-refractivity contribution is 5.56. The fourth-order valence-electron chi connectivity index (χ4n) is 1.88. The van der Waals surface area contributed by atoms with Gasteiger partial charge in [-0.25, -0.2) is 0 Å². The zero-order valence-electron chi connectivity index (χ0n) is 7.96. The van der Waals surface area contributed by atoms with Gasteiger partial charge >= 0.3 is 0 Å². The van der Waals surface area contributed by atoms with Crippen LogP contribution < -0.4 is 5.32 Å². The van der Waals surface area contributed by atoms with Gasteiger partial charge in [-0.05, 0) is 30.5 Å². The summed E-state index contributed by atoms with van der Waals surface area (Å²) < 4.78 is 0. The van der Waals surface area contributed by atoms with Crippen molar-refractivity contribution in [2.24, 2.45) is 5.92 Å². The van der Waals surface area contributed by atoms with Crippen LogP contribution >= 0.6 is 0 Å². The van der Waals surface area contributed by atoms with E-state index in [0.717, 1.165) is 6.54 Å². The van der Waals surface area contributed by atoms with E-state index in [9.17, 15) is 0 Å². The first kappa shape index (κ1) is 8.52. The molecule has 0 radical (unpaired) electrons. The van der Waals surface area contributed by atoms with Crippen LogP contribution in [-0.2, 0) is 6.42 Å². The molecule has 2 rings (SSSR count). The van der Waals surface area contributed by atoms with Gasteiger partial charge in [0.25, 0.3) is 0 Å². The molecule has 0 saturated heterocycles. The second-order valence-electron chi connectivity index (χ2n) is 3.58. The topological polar surface area (TPSA) is 12.0 Å². The van der Waals surface area contributed by atoms with Crippen LogP contribution in [-0.4, -0.2) is 13.6 Å². The Kier molecular flexibility index (Phi) is 2.46. The van der Waals surface area contributed by atoms with Crippen molar-refractivity contribution in [1.29, 1.82) is 0 Å². The summed E-state index contributed by atoms with van der Waals surface area (Å²) in [6.07, 6.45) is 5.72. The van der Waals surface area contributed by atoms with Crippen molar-refractivity contribution in [2.75, 3.05) is 13.6 Å². The molecule has 0 fully saturated rings. The maximum absolute atomic E-state index is 3.22. The molecule has 0 heterocycles. The Hall–Kier alpha value is -1.08. The molecule has 0 bridgehead atoms. The van der Waals surface area contributed by atoms with Crippen LogP contribution in [0.15, 0.2) is 30.3 Å². The molecule has 1 aliphatic rings. The lowest BCUT2D eigenvalue weighted by molar-refractivity contribution is 0.592. The van der Waals surface area contributed by atoms with E-state index < -0.39 is 0 Å². The number of rotatable bonds is 2. The number of hydrogen-bond donors (Lipinski definition) is 1. The average Bonchev–Trinajstić information content (AvgIpc) is 2.18. The molecule has 1 heteroatoms. The van der Waals surface area contributed by atoms with E-state index in [1.807, 2.05) is 7.05 Å². The minimum absolute atomic E-state index is 0.667. The third kappa shape index (κ3) is 1.81. The van der Waals surface area contributed by atoms with Gasteiger partial charge < -0.3 is 5.32 Å². The summed E-state index contributed by atoms with van der Waals surface area (Å²) in [4.78, 5) is 0. The van der Waals surface area contributed by atoms with Crippen molar-refractivity contribution < 1.29 is 0 Å². The number of hydrogen-bond acceptors (Lipinski definition) is 1. The van der Waals surface area contributed by atoms with Gasteiger partial charge in [-0.15, -0.1) is 0 Å². The number of fused-ring (bicyclic) bond motifs is 1. The molecule has 0 spiro atoms. The molecular formula is C12H15N. The first-order valence-corrected chi connectivity index (χ1v) is 4.81. The van der Waals surface area contributed by atoms with Gasteiger partial charge in [-0.3, -0.25) is 0 Å². The van der Waals surface area contributed by atoms with Crippen molar-refractivity contribution in [3.63, 3.8) is 0 Å². The Labute approximate surface area is 79.5 Å². The van der Waals surface area contributed by atoms with Gasteiger partial charge in [0.05, 0.1) is 0 Å². The fraction of sp³-hybridized carbons (Fsp3) is 0.333. The largest absolute Gasteiger partial charge is 0.319 e. The lowest BCUT2D eigenvalue weighted by atomic mass is 9.90. The molecule has 1 N–H and O–H groups in total. The molecule has 1 atom stereocenters. The van der Waals surface area contributed by atoms with Gasteiger partial charge in [0.2, 0.25) is 0 Å². The summed E-state index contributed by atoms with van der Waals surface area (Å²) >= 11 is 0. The molecule has 1 unspecified atom stereocenters. The number of nitrogens with one attached hydrogen (secondary N) is 1. The smallest absolute Gasteiger partial charge is 0.00145 e. The molecule has 1 nitrogen and oxygen atoms in total. The minimum atomic E-state index is 0.667. The summed E-state index contributed by atoms with van der Waals surface area (Å²) in [5.41, 5.74) is 2.86. The van der Waals surface area contributed by atoms with Crippen LogP contribution in [0.1, 0.15) is 11.1 Å². The molecule has 68 valence electrons. The molecule has 0 saturated carbocycles. The molecule has 1 aromatic carbocycles. The maximum atomic E-state index is 3.22. The first-order valence-electron chi connectivity index (χ1n) is 4.81. The predicted octanol–water partition coefficient (Wildman–Crippen LogP) is 2.09. The SMILES string of the molecule is CNCC1C=Cc2ccccc2C1. The zero-order chi connectivity index (χ0) is 9.10. The first-order chi connectivity index (χ1) is 6.40. The highest BCUT2D eigenvalue weighted by Crippen LogP contribution is 2.21. The Morgan fingerprint density at radius 2 is 2.23 bits per heavy atom. The van der Waals surface area contributed by atoms with Crippen molar-refractivity contribution in [3.8, 4) is 0 Å². The van der Waals surface area contributed by atoms with E-state index in [-0.39, 0.29) is 0 Å². The van der Waals surface area contributed by atoms with Crippen LogP contribution in [0.2, 0.25) is 0 Å². The molecule has 0 aromatic heterocycles. The van der Waals surface area contributed by atoms with Crippen molar-refractivity contribution >= 4 is 6.08 Å². The van der Waals surface area contributed by atoms with Crippen LogP contribution in [0.4, 0.5) is 0 Å². The third-order valence-electron chi connectivity index (χ3n) is 2.55. The number of benzene rings is 1. The van der Waals surface area contributed by atoms with Crippen molar-refractivity contribution in [2.45, 2.75) is 6.42 Å². The van der Waals surface area contributed by atoms with Gasteiger partial charge in [0.1, 0.15) is 0 Å². The molecule has 1 aliphatic carbocycles. The maximum Gasteiger partial charge on any atom is 0.00145 e. The van der Waals surface area contributed by atoms with E-state index in [2.05, 4.69) is 41.7 Å². The average molecular weight is 173 g/mol. The van der Waals surface area contributed by atoms with E-state index in [1.54, 1.807) is 0 Å². The van der Waals surface area contributed by atoms with E-state index in [1.165, 1.54) is 17.5 Å². The normalized spacial score (nSPS) is 19.9. The Morgan fingerprint density at radius 3 is 3.08 bits per heavy atom. The summed E-state index contributed by atoms with van der Waals surface area (Å²) in [6.45, 7) is 1.07. The van der Waals surface area contributed by atoms with Gasteiger partial charge in [0.15, 0.2) is 0 Å². The van der Waals surface area contributed by atoms with E-state index in [4.69, 9.17) is 0 Å². The van der Waals surface area contributed by atoms with E-state index in [0.29, 0.717) is 5.92 Å². The quantitative estimate of drug-likeness (QED) is 0.722. The van der Waals surface area contributed by atoms with Crippen LogP contribution in [0.25, 0.3) is 6.08 Å².